The van der Waals surface area contributed by atoms with Crippen LogP contribution in [0.25, 0.3) is 0 Å². The third-order valence-electron chi connectivity index (χ3n) is 4.22. The molecule has 3 heteroatoms. The minimum Gasteiger partial charge on any atom is -0.366 e. The summed E-state index contributed by atoms with van der Waals surface area (Å²) in [6.45, 7) is 0. The summed E-state index contributed by atoms with van der Waals surface area (Å²) < 4.78 is 0. The molecule has 2 N–H and O–H groups in total. The third kappa shape index (κ3) is 2.83. The highest BCUT2D eigenvalue weighted by Gasteiger charge is 2.27. The molecule has 1 heterocycles. The van der Waals surface area contributed by atoms with Gasteiger partial charge in [0.25, 0.3) is 0 Å². The van der Waals surface area contributed by atoms with Gasteiger partial charge in [-0.25, -0.2) is 0 Å². The third-order valence-corrected chi connectivity index (χ3v) is 4.46. The van der Waals surface area contributed by atoms with Crippen LogP contribution in [0.5, 0.6) is 0 Å². The van der Waals surface area contributed by atoms with Crippen molar-refractivity contribution in [1.82, 2.24) is 5.32 Å². The predicted octanol–water partition coefficient (Wildman–Crippen LogP) is 5.14. The molecule has 1 aliphatic heterocycles. The van der Waals surface area contributed by atoms with E-state index in [1.807, 2.05) is 24.3 Å². The number of rotatable bonds is 2. The van der Waals surface area contributed by atoms with Gasteiger partial charge in [0.15, 0.2) is 0 Å². The zero-order valence-electron chi connectivity index (χ0n) is 12.5. The average molecular weight is 321 g/mol. The summed E-state index contributed by atoms with van der Waals surface area (Å²) in [5, 5.41) is 8.03. The Morgan fingerprint density at radius 1 is 0.739 bits per heavy atom. The number of fused-ring (bicyclic) bond motifs is 1. The van der Waals surface area contributed by atoms with Gasteiger partial charge in [-0.2, -0.15) is 0 Å². The summed E-state index contributed by atoms with van der Waals surface area (Å²) in [6, 6.07) is 27.0. The molecule has 2 atom stereocenters. The molecule has 0 unspecified atom stereocenters. The number of hydrogen-bond acceptors (Lipinski definition) is 2. The Morgan fingerprint density at radius 3 is 2.09 bits per heavy atom. The fraction of sp³-hybridized carbons (Fsp3) is 0.100. The van der Waals surface area contributed by atoms with Crippen LogP contribution in [-0.4, -0.2) is 0 Å². The Labute approximate surface area is 141 Å². The standard InChI is InChI=1S/C20H17ClN2/c21-16-11-12-18-17(13-16)19(14-7-3-1-4-8-14)23-20(22-18)15-9-5-2-6-10-15/h1-13,19-20,22-23H/t19-,20+/m0/s1. The summed E-state index contributed by atoms with van der Waals surface area (Å²) in [5.41, 5.74) is 4.75. The Bertz CT molecular complexity index is 802. The van der Waals surface area contributed by atoms with E-state index in [4.69, 9.17) is 11.6 Å². The van der Waals surface area contributed by atoms with E-state index in [0.717, 1.165) is 10.7 Å². The molecule has 0 aromatic heterocycles. The molecule has 114 valence electrons. The van der Waals surface area contributed by atoms with Crippen molar-refractivity contribution in [3.63, 3.8) is 0 Å². The zero-order valence-corrected chi connectivity index (χ0v) is 13.3. The summed E-state index contributed by atoms with van der Waals surface area (Å²) in [5.74, 6) is 0. The molecule has 4 rings (SSSR count). The second-order valence-corrected chi connectivity index (χ2v) is 6.17. The maximum absolute atomic E-state index is 6.23. The van der Waals surface area contributed by atoms with Crippen LogP contribution in [0, 0.1) is 0 Å². The second-order valence-electron chi connectivity index (χ2n) is 5.73. The Hall–Kier alpha value is -2.29. The first kappa shape index (κ1) is 14.3. The van der Waals surface area contributed by atoms with Crippen molar-refractivity contribution < 1.29 is 0 Å². The van der Waals surface area contributed by atoms with Crippen LogP contribution < -0.4 is 10.6 Å². The van der Waals surface area contributed by atoms with Crippen molar-refractivity contribution >= 4 is 17.3 Å². The van der Waals surface area contributed by atoms with Crippen molar-refractivity contribution in [3.05, 3.63) is 101 Å². The highest BCUT2D eigenvalue weighted by molar-refractivity contribution is 6.30. The molecule has 0 radical (unpaired) electrons. The molecular formula is C20H17ClN2. The fourth-order valence-electron chi connectivity index (χ4n) is 3.10. The Morgan fingerprint density at radius 2 is 1.39 bits per heavy atom. The predicted molar refractivity (Wildman–Crippen MR) is 95.7 cm³/mol. The van der Waals surface area contributed by atoms with E-state index in [2.05, 4.69) is 65.2 Å². The van der Waals surface area contributed by atoms with Crippen LogP contribution in [0.1, 0.15) is 28.9 Å². The quantitative estimate of drug-likeness (QED) is 0.683. The van der Waals surface area contributed by atoms with Crippen LogP contribution in [-0.2, 0) is 0 Å². The van der Waals surface area contributed by atoms with Crippen molar-refractivity contribution in [1.29, 1.82) is 0 Å². The average Bonchev–Trinajstić information content (AvgIpc) is 2.62. The molecule has 0 spiro atoms. The van der Waals surface area contributed by atoms with Gasteiger partial charge in [-0.05, 0) is 34.9 Å². The molecule has 3 aromatic carbocycles. The summed E-state index contributed by atoms with van der Waals surface area (Å²) in [7, 11) is 0. The lowest BCUT2D eigenvalue weighted by atomic mass is 9.93. The van der Waals surface area contributed by atoms with Gasteiger partial charge in [0.05, 0.1) is 6.04 Å². The summed E-state index contributed by atoms with van der Waals surface area (Å²) >= 11 is 6.23. The lowest BCUT2D eigenvalue weighted by Crippen LogP contribution is -2.37. The van der Waals surface area contributed by atoms with Crippen LogP contribution >= 0.6 is 11.6 Å². The lowest BCUT2D eigenvalue weighted by Gasteiger charge is -2.35. The van der Waals surface area contributed by atoms with Gasteiger partial charge in [-0.3, -0.25) is 5.32 Å². The van der Waals surface area contributed by atoms with E-state index in [9.17, 15) is 0 Å². The molecule has 23 heavy (non-hydrogen) atoms. The van der Waals surface area contributed by atoms with Crippen LogP contribution in [0.3, 0.4) is 0 Å². The van der Waals surface area contributed by atoms with Gasteiger partial charge in [-0.15, -0.1) is 0 Å². The molecule has 0 bridgehead atoms. The van der Waals surface area contributed by atoms with Gasteiger partial charge < -0.3 is 5.32 Å². The van der Waals surface area contributed by atoms with Crippen LogP contribution in [0.2, 0.25) is 5.02 Å². The van der Waals surface area contributed by atoms with Gasteiger partial charge in [0, 0.05) is 10.7 Å². The smallest absolute Gasteiger partial charge is 0.104 e. The fourth-order valence-corrected chi connectivity index (χ4v) is 3.28. The number of halogens is 1. The number of anilines is 1. The van der Waals surface area contributed by atoms with E-state index >= 15 is 0 Å². The van der Waals surface area contributed by atoms with Crippen molar-refractivity contribution in [2.45, 2.75) is 12.2 Å². The zero-order chi connectivity index (χ0) is 15.6. The van der Waals surface area contributed by atoms with Crippen LogP contribution in [0.15, 0.2) is 78.9 Å². The first-order valence-electron chi connectivity index (χ1n) is 7.73. The van der Waals surface area contributed by atoms with Gasteiger partial charge in [0.1, 0.15) is 6.17 Å². The molecular weight excluding hydrogens is 304 g/mol. The lowest BCUT2D eigenvalue weighted by molar-refractivity contribution is 0.506. The second kappa shape index (κ2) is 6.07. The van der Waals surface area contributed by atoms with Crippen LogP contribution in [0.4, 0.5) is 5.69 Å². The monoisotopic (exact) mass is 320 g/mol. The largest absolute Gasteiger partial charge is 0.366 e. The summed E-state index contributed by atoms with van der Waals surface area (Å²) in [4.78, 5) is 0. The normalized spacial score (nSPS) is 19.7. The molecule has 1 aliphatic rings. The first-order chi connectivity index (χ1) is 11.3. The highest BCUT2D eigenvalue weighted by Crippen LogP contribution is 2.37. The van der Waals surface area contributed by atoms with Crippen molar-refractivity contribution in [2.24, 2.45) is 0 Å². The molecule has 0 fully saturated rings. The Kier molecular flexibility index (Phi) is 3.78. The van der Waals surface area contributed by atoms with Gasteiger partial charge >= 0.3 is 0 Å². The Balaban J connectivity index is 1.79. The van der Waals surface area contributed by atoms with Crippen molar-refractivity contribution in [2.75, 3.05) is 5.32 Å². The maximum Gasteiger partial charge on any atom is 0.104 e. The van der Waals surface area contributed by atoms with E-state index in [1.54, 1.807) is 0 Å². The topological polar surface area (TPSA) is 24.1 Å². The van der Waals surface area contributed by atoms with Crippen molar-refractivity contribution in [3.8, 4) is 0 Å². The van der Waals surface area contributed by atoms with E-state index in [0.29, 0.717) is 0 Å². The van der Waals surface area contributed by atoms with Gasteiger partial charge in [-0.1, -0.05) is 72.3 Å². The minimum absolute atomic E-state index is 0.0649. The molecule has 2 nitrogen and oxygen atoms in total. The highest BCUT2D eigenvalue weighted by atomic mass is 35.5. The number of benzene rings is 3. The van der Waals surface area contributed by atoms with E-state index in [1.165, 1.54) is 16.7 Å². The number of nitrogens with one attached hydrogen (secondary N) is 2. The maximum atomic E-state index is 6.23. The SMILES string of the molecule is Clc1ccc2c(c1)[C@H](c1ccccc1)N[C@H](c1ccccc1)N2. The minimum atomic E-state index is 0.0649. The molecule has 0 saturated heterocycles. The summed E-state index contributed by atoms with van der Waals surface area (Å²) in [6.07, 6.45) is 0.0649. The van der Waals surface area contributed by atoms with Gasteiger partial charge in [0.2, 0.25) is 0 Å². The molecule has 0 aliphatic carbocycles. The molecule has 0 saturated carbocycles. The molecule has 3 aromatic rings. The van der Waals surface area contributed by atoms with E-state index < -0.39 is 0 Å². The number of hydrogen-bond donors (Lipinski definition) is 2. The molecule has 0 amide bonds. The van der Waals surface area contributed by atoms with E-state index in [-0.39, 0.29) is 12.2 Å². The first-order valence-corrected chi connectivity index (χ1v) is 8.11.